The lowest BCUT2D eigenvalue weighted by atomic mass is 9.97. The van der Waals surface area contributed by atoms with E-state index in [2.05, 4.69) is 4.72 Å². The second kappa shape index (κ2) is 6.85. The third-order valence-electron chi connectivity index (χ3n) is 2.41. The second-order valence-electron chi connectivity index (χ2n) is 4.21. The molecule has 0 aromatic heterocycles. The van der Waals surface area contributed by atoms with Gasteiger partial charge >= 0.3 is 5.97 Å². The summed E-state index contributed by atoms with van der Waals surface area (Å²) in [5.74, 6) is -1.66. The van der Waals surface area contributed by atoms with Crippen LogP contribution < -0.4 is 4.72 Å². The molecule has 0 bridgehead atoms. The fraction of sp³-hybridized carbons (Fsp3) is 0.900. The Balaban J connectivity index is 4.25. The van der Waals surface area contributed by atoms with Crippen molar-refractivity contribution in [2.24, 2.45) is 11.8 Å². The van der Waals surface area contributed by atoms with Crippen molar-refractivity contribution in [2.45, 2.75) is 33.6 Å². The largest absolute Gasteiger partial charge is 0.481 e. The van der Waals surface area contributed by atoms with Crippen molar-refractivity contribution in [3.63, 3.8) is 0 Å². The first-order chi connectivity index (χ1) is 7.30. The molecule has 2 N–H and O–H groups in total. The molecule has 6 heteroatoms. The molecule has 1 atom stereocenters. The van der Waals surface area contributed by atoms with Gasteiger partial charge < -0.3 is 5.11 Å². The number of sulfonamides is 1. The summed E-state index contributed by atoms with van der Waals surface area (Å²) in [7, 11) is -3.32. The Morgan fingerprint density at radius 2 is 1.94 bits per heavy atom. The van der Waals surface area contributed by atoms with E-state index in [1.54, 1.807) is 13.8 Å². The molecule has 0 aliphatic heterocycles. The Morgan fingerprint density at radius 1 is 1.38 bits per heavy atom. The van der Waals surface area contributed by atoms with Gasteiger partial charge in [-0.05, 0) is 12.3 Å². The SMILES string of the molecule is CCCCS(=O)(=O)NCC(C(=O)O)C(C)C. The van der Waals surface area contributed by atoms with Crippen molar-refractivity contribution in [3.05, 3.63) is 0 Å². The van der Waals surface area contributed by atoms with E-state index in [1.807, 2.05) is 6.92 Å². The predicted molar refractivity (Wildman–Crippen MR) is 62.7 cm³/mol. The van der Waals surface area contributed by atoms with Gasteiger partial charge in [-0.3, -0.25) is 4.79 Å². The third-order valence-corrected chi connectivity index (χ3v) is 3.84. The van der Waals surface area contributed by atoms with Crippen molar-refractivity contribution in [3.8, 4) is 0 Å². The van der Waals surface area contributed by atoms with Crippen molar-refractivity contribution < 1.29 is 18.3 Å². The molecule has 0 aliphatic rings. The van der Waals surface area contributed by atoms with Gasteiger partial charge in [0.15, 0.2) is 0 Å². The van der Waals surface area contributed by atoms with Crippen LogP contribution in [0.3, 0.4) is 0 Å². The van der Waals surface area contributed by atoms with Crippen molar-refractivity contribution in [1.29, 1.82) is 0 Å². The maximum absolute atomic E-state index is 11.4. The minimum atomic E-state index is -3.32. The van der Waals surface area contributed by atoms with Crippen LogP contribution in [0.5, 0.6) is 0 Å². The van der Waals surface area contributed by atoms with E-state index < -0.39 is 21.9 Å². The van der Waals surface area contributed by atoms with Gasteiger partial charge in [-0.1, -0.05) is 27.2 Å². The summed E-state index contributed by atoms with van der Waals surface area (Å²) < 4.78 is 25.2. The van der Waals surface area contributed by atoms with Gasteiger partial charge in [0, 0.05) is 6.54 Å². The molecule has 0 amide bonds. The van der Waals surface area contributed by atoms with E-state index in [9.17, 15) is 13.2 Å². The summed E-state index contributed by atoms with van der Waals surface area (Å²) in [5.41, 5.74) is 0. The standard InChI is InChI=1S/C10H21NO4S/c1-4-5-6-16(14,15)11-7-9(8(2)3)10(12)13/h8-9,11H,4-7H2,1-3H3,(H,12,13). The quantitative estimate of drug-likeness (QED) is 0.675. The lowest BCUT2D eigenvalue weighted by Gasteiger charge is -2.16. The van der Waals surface area contributed by atoms with Crippen molar-refractivity contribution in [1.82, 2.24) is 4.72 Å². The molecule has 0 radical (unpaired) electrons. The topological polar surface area (TPSA) is 83.5 Å². The summed E-state index contributed by atoms with van der Waals surface area (Å²) >= 11 is 0. The molecule has 0 saturated heterocycles. The Labute approximate surface area is 97.3 Å². The summed E-state index contributed by atoms with van der Waals surface area (Å²) in [4.78, 5) is 10.8. The van der Waals surface area contributed by atoms with Gasteiger partial charge in [0.05, 0.1) is 11.7 Å². The average Bonchev–Trinajstić information content (AvgIpc) is 2.13. The average molecular weight is 251 g/mol. The molecule has 0 aromatic rings. The summed E-state index contributed by atoms with van der Waals surface area (Å²) in [6.07, 6.45) is 1.39. The van der Waals surface area contributed by atoms with Crippen LogP contribution >= 0.6 is 0 Å². The first-order valence-corrected chi connectivity index (χ1v) is 7.15. The van der Waals surface area contributed by atoms with E-state index in [1.165, 1.54) is 0 Å². The molecule has 0 rings (SSSR count). The van der Waals surface area contributed by atoms with Crippen LogP contribution in [0.15, 0.2) is 0 Å². The Bertz CT molecular complexity index is 311. The molecule has 16 heavy (non-hydrogen) atoms. The lowest BCUT2D eigenvalue weighted by Crippen LogP contribution is -2.36. The molecule has 96 valence electrons. The third kappa shape index (κ3) is 6.07. The number of carboxylic acids is 1. The number of hydrogen-bond donors (Lipinski definition) is 2. The van der Waals surface area contributed by atoms with E-state index in [0.29, 0.717) is 6.42 Å². The van der Waals surface area contributed by atoms with Gasteiger partial charge in [0.1, 0.15) is 0 Å². The molecule has 0 fully saturated rings. The van der Waals surface area contributed by atoms with Gasteiger partial charge in [-0.15, -0.1) is 0 Å². The number of nitrogens with one attached hydrogen (secondary N) is 1. The maximum Gasteiger partial charge on any atom is 0.308 e. The summed E-state index contributed by atoms with van der Waals surface area (Å²) in [6.45, 7) is 5.40. The molecular formula is C10H21NO4S. The van der Waals surface area contributed by atoms with Crippen LogP contribution in [0.2, 0.25) is 0 Å². The van der Waals surface area contributed by atoms with Gasteiger partial charge in [-0.2, -0.15) is 0 Å². The minimum Gasteiger partial charge on any atom is -0.481 e. The van der Waals surface area contributed by atoms with Crippen LogP contribution in [-0.4, -0.2) is 31.8 Å². The zero-order valence-electron chi connectivity index (χ0n) is 10.1. The zero-order chi connectivity index (χ0) is 12.8. The van der Waals surface area contributed by atoms with E-state index in [-0.39, 0.29) is 18.2 Å². The predicted octanol–water partition coefficient (Wildman–Crippen LogP) is 1.06. The van der Waals surface area contributed by atoms with Gasteiger partial charge in [0.25, 0.3) is 0 Å². The summed E-state index contributed by atoms with van der Waals surface area (Å²) in [5, 5.41) is 8.88. The number of unbranched alkanes of at least 4 members (excludes halogenated alkanes) is 1. The number of aliphatic carboxylic acids is 1. The molecule has 0 heterocycles. The molecule has 1 unspecified atom stereocenters. The molecule has 0 aliphatic carbocycles. The van der Waals surface area contributed by atoms with Crippen LogP contribution in [0.4, 0.5) is 0 Å². The zero-order valence-corrected chi connectivity index (χ0v) is 10.9. The fourth-order valence-electron chi connectivity index (χ4n) is 1.23. The van der Waals surface area contributed by atoms with E-state index in [0.717, 1.165) is 6.42 Å². The highest BCUT2D eigenvalue weighted by molar-refractivity contribution is 7.89. The molecule has 0 spiro atoms. The van der Waals surface area contributed by atoms with Crippen molar-refractivity contribution >= 4 is 16.0 Å². The maximum atomic E-state index is 11.4. The van der Waals surface area contributed by atoms with Crippen LogP contribution in [0.25, 0.3) is 0 Å². The smallest absolute Gasteiger partial charge is 0.308 e. The molecular weight excluding hydrogens is 230 g/mol. The highest BCUT2D eigenvalue weighted by atomic mass is 32.2. The highest BCUT2D eigenvalue weighted by Crippen LogP contribution is 2.10. The lowest BCUT2D eigenvalue weighted by molar-refractivity contribution is -0.142. The molecule has 5 nitrogen and oxygen atoms in total. The van der Waals surface area contributed by atoms with Gasteiger partial charge in [-0.25, -0.2) is 13.1 Å². The normalized spacial score (nSPS) is 14.0. The summed E-state index contributed by atoms with van der Waals surface area (Å²) in [6, 6.07) is 0. The van der Waals surface area contributed by atoms with Crippen LogP contribution in [0, 0.1) is 11.8 Å². The highest BCUT2D eigenvalue weighted by Gasteiger charge is 2.23. The number of carboxylic acid groups (broad SMARTS) is 1. The molecule has 0 aromatic carbocycles. The monoisotopic (exact) mass is 251 g/mol. The van der Waals surface area contributed by atoms with Crippen LogP contribution in [0.1, 0.15) is 33.6 Å². The Hall–Kier alpha value is -0.620. The first-order valence-electron chi connectivity index (χ1n) is 5.50. The van der Waals surface area contributed by atoms with Crippen LogP contribution in [-0.2, 0) is 14.8 Å². The first kappa shape index (κ1) is 15.4. The second-order valence-corrected chi connectivity index (χ2v) is 6.14. The Morgan fingerprint density at radius 3 is 2.31 bits per heavy atom. The fourth-order valence-corrected chi connectivity index (χ4v) is 2.48. The number of hydrogen-bond acceptors (Lipinski definition) is 3. The van der Waals surface area contributed by atoms with Crippen molar-refractivity contribution in [2.75, 3.05) is 12.3 Å². The number of carbonyl (C=O) groups is 1. The van der Waals surface area contributed by atoms with Gasteiger partial charge in [0.2, 0.25) is 10.0 Å². The van der Waals surface area contributed by atoms with E-state index >= 15 is 0 Å². The Kier molecular flexibility index (Phi) is 6.59. The minimum absolute atomic E-state index is 0.0287. The number of rotatable bonds is 8. The van der Waals surface area contributed by atoms with E-state index in [4.69, 9.17) is 5.11 Å². The molecule has 0 saturated carbocycles.